The zero-order valence-electron chi connectivity index (χ0n) is 11.7. The van der Waals surface area contributed by atoms with E-state index in [0.717, 1.165) is 6.42 Å². The van der Waals surface area contributed by atoms with E-state index in [1.165, 1.54) is 11.1 Å². The second-order valence-corrected chi connectivity index (χ2v) is 4.66. The van der Waals surface area contributed by atoms with Gasteiger partial charge in [0.2, 0.25) is 0 Å². The number of pyridine rings is 1. The monoisotopic (exact) mass is 270 g/mol. The Balaban J connectivity index is 2.03. The van der Waals surface area contributed by atoms with Crippen LogP contribution in [0.1, 0.15) is 34.1 Å². The molecule has 0 aliphatic rings. The van der Waals surface area contributed by atoms with E-state index in [2.05, 4.69) is 41.5 Å². The number of anilines is 1. The minimum Gasteiger partial charge on any atom is -0.478 e. The van der Waals surface area contributed by atoms with E-state index in [-0.39, 0.29) is 5.56 Å². The van der Waals surface area contributed by atoms with Crippen LogP contribution in [0.5, 0.6) is 0 Å². The fourth-order valence-electron chi connectivity index (χ4n) is 1.97. The normalized spacial score (nSPS) is 10.3. The van der Waals surface area contributed by atoms with Gasteiger partial charge in [0.05, 0.1) is 11.3 Å². The molecule has 2 aromatic rings. The molecule has 2 rings (SSSR count). The van der Waals surface area contributed by atoms with Gasteiger partial charge in [-0.05, 0) is 36.6 Å². The summed E-state index contributed by atoms with van der Waals surface area (Å²) in [5.74, 6) is -0.260. The third-order valence-corrected chi connectivity index (χ3v) is 3.22. The van der Waals surface area contributed by atoms with Crippen molar-refractivity contribution >= 4 is 11.8 Å². The lowest BCUT2D eigenvalue weighted by Gasteiger charge is -2.08. The van der Waals surface area contributed by atoms with Gasteiger partial charge in [-0.2, -0.15) is 0 Å². The number of aromatic carboxylic acids is 1. The van der Waals surface area contributed by atoms with Crippen molar-refractivity contribution in [1.29, 1.82) is 0 Å². The molecule has 0 atom stereocenters. The van der Waals surface area contributed by atoms with E-state index >= 15 is 0 Å². The molecule has 0 saturated heterocycles. The van der Waals surface area contributed by atoms with E-state index in [1.54, 1.807) is 19.1 Å². The van der Waals surface area contributed by atoms with E-state index < -0.39 is 5.97 Å². The molecule has 4 nitrogen and oxygen atoms in total. The van der Waals surface area contributed by atoms with Crippen molar-refractivity contribution in [3.05, 3.63) is 58.8 Å². The standard InChI is InChI=1S/C16H18N2O2/c1-3-12-4-6-13(7-5-12)10-17-15-9-8-14(16(19)20)11(2)18-15/h4-9H,3,10H2,1-2H3,(H,17,18)(H,19,20). The van der Waals surface area contributed by atoms with Crippen LogP contribution in [0.4, 0.5) is 5.82 Å². The number of benzene rings is 1. The molecule has 104 valence electrons. The lowest BCUT2D eigenvalue weighted by atomic mass is 10.1. The quantitative estimate of drug-likeness (QED) is 0.875. The number of aryl methyl sites for hydroxylation is 2. The van der Waals surface area contributed by atoms with Gasteiger partial charge in [-0.3, -0.25) is 0 Å². The minimum atomic E-state index is -0.947. The summed E-state index contributed by atoms with van der Waals surface area (Å²) in [6, 6.07) is 11.7. The van der Waals surface area contributed by atoms with Gasteiger partial charge in [-0.25, -0.2) is 9.78 Å². The number of nitrogens with one attached hydrogen (secondary N) is 1. The number of aromatic nitrogens is 1. The average Bonchev–Trinajstić information content (AvgIpc) is 2.45. The highest BCUT2D eigenvalue weighted by Crippen LogP contribution is 2.12. The van der Waals surface area contributed by atoms with Crippen molar-refractivity contribution in [2.75, 3.05) is 5.32 Å². The number of nitrogens with zero attached hydrogens (tertiary/aromatic N) is 1. The van der Waals surface area contributed by atoms with Crippen LogP contribution in [0, 0.1) is 6.92 Å². The Hall–Kier alpha value is -2.36. The minimum absolute atomic E-state index is 0.239. The van der Waals surface area contributed by atoms with Crippen molar-refractivity contribution in [2.45, 2.75) is 26.8 Å². The summed E-state index contributed by atoms with van der Waals surface area (Å²) < 4.78 is 0. The smallest absolute Gasteiger partial charge is 0.337 e. The summed E-state index contributed by atoms with van der Waals surface area (Å²) >= 11 is 0. The molecule has 1 aromatic heterocycles. The fourth-order valence-corrected chi connectivity index (χ4v) is 1.97. The van der Waals surface area contributed by atoms with Gasteiger partial charge in [0.25, 0.3) is 0 Å². The molecule has 0 aliphatic heterocycles. The van der Waals surface area contributed by atoms with Crippen molar-refractivity contribution in [3.8, 4) is 0 Å². The molecule has 0 unspecified atom stereocenters. The maximum atomic E-state index is 10.9. The van der Waals surface area contributed by atoms with Crippen LogP contribution in [0.2, 0.25) is 0 Å². The van der Waals surface area contributed by atoms with Crippen LogP contribution in [0.3, 0.4) is 0 Å². The Morgan fingerprint density at radius 2 is 1.80 bits per heavy atom. The highest BCUT2D eigenvalue weighted by molar-refractivity contribution is 5.89. The molecular formula is C16H18N2O2. The van der Waals surface area contributed by atoms with Gasteiger partial charge >= 0.3 is 5.97 Å². The molecule has 20 heavy (non-hydrogen) atoms. The molecule has 0 spiro atoms. The van der Waals surface area contributed by atoms with Gasteiger partial charge in [0, 0.05) is 6.54 Å². The fraction of sp³-hybridized carbons (Fsp3) is 0.250. The number of hydrogen-bond acceptors (Lipinski definition) is 3. The van der Waals surface area contributed by atoms with Gasteiger partial charge in [0.15, 0.2) is 0 Å². The second-order valence-electron chi connectivity index (χ2n) is 4.66. The zero-order chi connectivity index (χ0) is 14.5. The van der Waals surface area contributed by atoms with Crippen LogP contribution in [-0.4, -0.2) is 16.1 Å². The van der Waals surface area contributed by atoms with Crippen molar-refractivity contribution in [2.24, 2.45) is 0 Å². The van der Waals surface area contributed by atoms with E-state index in [1.807, 2.05) is 0 Å². The average molecular weight is 270 g/mol. The SMILES string of the molecule is CCc1ccc(CNc2ccc(C(=O)O)c(C)n2)cc1. The highest BCUT2D eigenvalue weighted by atomic mass is 16.4. The molecule has 0 radical (unpaired) electrons. The largest absolute Gasteiger partial charge is 0.478 e. The van der Waals surface area contributed by atoms with Gasteiger partial charge in [0.1, 0.15) is 5.82 Å². The number of rotatable bonds is 5. The third-order valence-electron chi connectivity index (χ3n) is 3.22. The first-order chi connectivity index (χ1) is 9.60. The Kier molecular flexibility index (Phi) is 4.35. The maximum Gasteiger partial charge on any atom is 0.337 e. The number of carbonyl (C=O) groups is 1. The maximum absolute atomic E-state index is 10.9. The topological polar surface area (TPSA) is 62.2 Å². The van der Waals surface area contributed by atoms with Gasteiger partial charge < -0.3 is 10.4 Å². The van der Waals surface area contributed by atoms with Crippen LogP contribution in [0.25, 0.3) is 0 Å². The number of carboxylic acids is 1. The summed E-state index contributed by atoms with van der Waals surface area (Å²) in [7, 11) is 0. The van der Waals surface area contributed by atoms with Gasteiger partial charge in [-0.15, -0.1) is 0 Å². The number of carboxylic acid groups (broad SMARTS) is 1. The first kappa shape index (κ1) is 14.1. The summed E-state index contributed by atoms with van der Waals surface area (Å²) in [5.41, 5.74) is 3.24. The van der Waals surface area contributed by atoms with E-state index in [0.29, 0.717) is 18.1 Å². The first-order valence-electron chi connectivity index (χ1n) is 6.62. The predicted molar refractivity (Wildman–Crippen MR) is 79.1 cm³/mol. The predicted octanol–water partition coefficient (Wildman–Crippen LogP) is 3.26. The summed E-state index contributed by atoms with van der Waals surface area (Å²) in [6.07, 6.45) is 1.03. The molecule has 0 fully saturated rings. The van der Waals surface area contributed by atoms with E-state index in [9.17, 15) is 4.79 Å². The molecule has 0 aliphatic carbocycles. The Bertz CT molecular complexity index is 606. The Morgan fingerprint density at radius 1 is 1.15 bits per heavy atom. The second kappa shape index (κ2) is 6.19. The molecule has 0 amide bonds. The van der Waals surface area contributed by atoms with Crippen molar-refractivity contribution in [1.82, 2.24) is 4.98 Å². The molecule has 0 bridgehead atoms. The summed E-state index contributed by atoms with van der Waals surface area (Å²) in [6.45, 7) is 4.50. The van der Waals surface area contributed by atoms with Crippen LogP contribution < -0.4 is 5.32 Å². The van der Waals surface area contributed by atoms with Crippen molar-refractivity contribution in [3.63, 3.8) is 0 Å². The van der Waals surface area contributed by atoms with Crippen molar-refractivity contribution < 1.29 is 9.90 Å². The number of hydrogen-bond donors (Lipinski definition) is 2. The molecule has 2 N–H and O–H groups in total. The Morgan fingerprint density at radius 3 is 2.35 bits per heavy atom. The molecule has 1 aromatic carbocycles. The summed E-state index contributed by atoms with van der Waals surface area (Å²) in [4.78, 5) is 15.2. The third kappa shape index (κ3) is 3.35. The lowest BCUT2D eigenvalue weighted by molar-refractivity contribution is 0.0695. The molecule has 1 heterocycles. The Labute approximate surface area is 118 Å². The van der Waals surface area contributed by atoms with Gasteiger partial charge in [-0.1, -0.05) is 31.2 Å². The molecule has 0 saturated carbocycles. The van der Waals surface area contributed by atoms with Crippen LogP contribution in [0.15, 0.2) is 36.4 Å². The highest BCUT2D eigenvalue weighted by Gasteiger charge is 2.08. The lowest BCUT2D eigenvalue weighted by Crippen LogP contribution is -2.06. The summed E-state index contributed by atoms with van der Waals surface area (Å²) in [5, 5.41) is 12.2. The molecular weight excluding hydrogens is 252 g/mol. The van der Waals surface area contributed by atoms with Crippen LogP contribution >= 0.6 is 0 Å². The first-order valence-corrected chi connectivity index (χ1v) is 6.62. The van der Waals surface area contributed by atoms with Crippen LogP contribution in [-0.2, 0) is 13.0 Å². The zero-order valence-corrected chi connectivity index (χ0v) is 11.7. The molecule has 4 heteroatoms. The van der Waals surface area contributed by atoms with E-state index in [4.69, 9.17) is 5.11 Å².